The van der Waals surface area contributed by atoms with Gasteiger partial charge in [0.15, 0.2) is 0 Å². The Kier molecular flexibility index (Phi) is 10.00. The van der Waals surface area contributed by atoms with Gasteiger partial charge in [0, 0.05) is 12.5 Å². The molecule has 0 aromatic rings. The first kappa shape index (κ1) is 18.1. The molecule has 114 valence electrons. The summed E-state index contributed by atoms with van der Waals surface area (Å²) >= 11 is 0. The first-order chi connectivity index (χ1) is 9.51. The molecule has 0 aliphatic rings. The van der Waals surface area contributed by atoms with Crippen molar-refractivity contribution in [2.24, 2.45) is 5.92 Å². The van der Waals surface area contributed by atoms with Crippen LogP contribution in [0.2, 0.25) is 0 Å². The van der Waals surface area contributed by atoms with Gasteiger partial charge in [-0.2, -0.15) is 0 Å². The molecule has 0 aliphatic heterocycles. The average molecular weight is 286 g/mol. The molecule has 0 bridgehead atoms. The summed E-state index contributed by atoms with van der Waals surface area (Å²) in [6, 6.07) is 0. The lowest BCUT2D eigenvalue weighted by Gasteiger charge is -2.09. The first-order valence-corrected chi connectivity index (χ1v) is 6.62. The molecule has 20 heavy (non-hydrogen) atoms. The van der Waals surface area contributed by atoms with Crippen LogP contribution in [0.25, 0.3) is 0 Å². The van der Waals surface area contributed by atoms with E-state index in [4.69, 9.17) is 14.2 Å². The van der Waals surface area contributed by atoms with Crippen molar-refractivity contribution in [1.29, 1.82) is 0 Å². The van der Waals surface area contributed by atoms with Gasteiger partial charge in [-0.3, -0.25) is 9.59 Å². The molecule has 0 radical (unpaired) electrons. The van der Waals surface area contributed by atoms with Gasteiger partial charge in [0.2, 0.25) is 0 Å². The third kappa shape index (κ3) is 9.13. The molecule has 6 heteroatoms. The van der Waals surface area contributed by atoms with Crippen molar-refractivity contribution in [2.45, 2.75) is 33.1 Å². The monoisotopic (exact) mass is 286 g/mol. The highest BCUT2D eigenvalue weighted by molar-refractivity contribution is 5.81. The summed E-state index contributed by atoms with van der Waals surface area (Å²) in [4.78, 5) is 33.3. The Hall–Kier alpha value is -1.85. The van der Waals surface area contributed by atoms with Gasteiger partial charge in [-0.15, -0.1) is 0 Å². The van der Waals surface area contributed by atoms with Gasteiger partial charge in [-0.05, 0) is 12.8 Å². The Morgan fingerprint density at radius 3 is 2.35 bits per heavy atom. The van der Waals surface area contributed by atoms with E-state index in [1.165, 1.54) is 0 Å². The molecule has 1 atom stereocenters. The molecule has 0 aromatic carbocycles. The van der Waals surface area contributed by atoms with Crippen molar-refractivity contribution in [2.75, 3.05) is 19.8 Å². The molecule has 0 heterocycles. The van der Waals surface area contributed by atoms with Gasteiger partial charge >= 0.3 is 17.9 Å². The summed E-state index contributed by atoms with van der Waals surface area (Å²) in [5.74, 6) is -1.38. The van der Waals surface area contributed by atoms with Crippen LogP contribution in [0, 0.1) is 5.92 Å². The number of rotatable bonds is 10. The lowest BCUT2D eigenvalue weighted by Crippen LogP contribution is -2.18. The number of ether oxygens (including phenoxy) is 3. The quantitative estimate of drug-likeness (QED) is 0.263. The maximum atomic E-state index is 11.3. The highest BCUT2D eigenvalue weighted by atomic mass is 16.6. The van der Waals surface area contributed by atoms with Crippen LogP contribution < -0.4 is 0 Å². The first-order valence-electron chi connectivity index (χ1n) is 6.62. The number of hydrogen-bond donors (Lipinski definition) is 0. The van der Waals surface area contributed by atoms with E-state index in [-0.39, 0.29) is 38.1 Å². The smallest absolute Gasteiger partial charge is 0.330 e. The predicted molar refractivity (Wildman–Crippen MR) is 71.8 cm³/mol. The molecule has 0 rings (SSSR count). The van der Waals surface area contributed by atoms with Crippen LogP contribution in [-0.4, -0.2) is 37.7 Å². The van der Waals surface area contributed by atoms with Crippen molar-refractivity contribution in [3.8, 4) is 0 Å². The van der Waals surface area contributed by atoms with Crippen LogP contribution in [0.3, 0.4) is 0 Å². The fourth-order valence-electron chi connectivity index (χ4n) is 1.13. The van der Waals surface area contributed by atoms with Gasteiger partial charge < -0.3 is 14.2 Å². The Balaban J connectivity index is 3.52. The fourth-order valence-corrected chi connectivity index (χ4v) is 1.13. The van der Waals surface area contributed by atoms with Crippen LogP contribution in [-0.2, 0) is 28.6 Å². The molecular weight excluding hydrogens is 264 g/mol. The minimum Gasteiger partial charge on any atom is -0.463 e. The molecular formula is C14H22O6. The predicted octanol–water partition coefficient (Wildman–Crippen LogP) is 1.63. The van der Waals surface area contributed by atoms with E-state index in [1.54, 1.807) is 6.92 Å². The third-order valence-corrected chi connectivity index (χ3v) is 2.54. The third-order valence-electron chi connectivity index (χ3n) is 2.54. The second-order valence-electron chi connectivity index (χ2n) is 4.17. The molecule has 0 N–H and O–H groups in total. The van der Waals surface area contributed by atoms with Gasteiger partial charge in [-0.1, -0.05) is 20.4 Å². The van der Waals surface area contributed by atoms with Crippen molar-refractivity contribution < 1.29 is 28.6 Å². The molecule has 0 aromatic heterocycles. The molecule has 0 saturated carbocycles. The largest absolute Gasteiger partial charge is 0.463 e. The second-order valence-corrected chi connectivity index (χ2v) is 4.17. The number of carbonyl (C=O) groups is 3. The van der Waals surface area contributed by atoms with Crippen molar-refractivity contribution >= 4 is 17.9 Å². The van der Waals surface area contributed by atoms with E-state index in [9.17, 15) is 14.4 Å². The highest BCUT2D eigenvalue weighted by Crippen LogP contribution is 2.03. The van der Waals surface area contributed by atoms with E-state index in [0.717, 1.165) is 6.08 Å². The van der Waals surface area contributed by atoms with Crippen molar-refractivity contribution in [3.05, 3.63) is 12.7 Å². The molecule has 6 nitrogen and oxygen atoms in total. The standard InChI is InChI=1S/C14H22O6/c1-4-11(3)14(17)20-10-9-19-13(16)7-6-8-18-12(15)5-2/h5,11H,2,4,6-10H2,1,3H3. The minimum atomic E-state index is -0.518. The zero-order chi connectivity index (χ0) is 15.4. The van der Waals surface area contributed by atoms with E-state index in [2.05, 4.69) is 6.58 Å². The number of hydrogen-bond acceptors (Lipinski definition) is 6. The van der Waals surface area contributed by atoms with Crippen LogP contribution in [0.1, 0.15) is 33.1 Å². The van der Waals surface area contributed by atoms with Crippen molar-refractivity contribution in [3.63, 3.8) is 0 Å². The SMILES string of the molecule is C=CC(=O)OCCCC(=O)OCCOC(=O)C(C)CC. The second kappa shape index (κ2) is 11.0. The minimum absolute atomic E-state index is 0.0352. The molecule has 0 saturated heterocycles. The van der Waals surface area contributed by atoms with E-state index in [1.807, 2.05) is 6.92 Å². The molecule has 0 spiro atoms. The summed E-state index contributed by atoms with van der Waals surface area (Å²) in [5, 5.41) is 0. The lowest BCUT2D eigenvalue weighted by molar-refractivity contribution is -0.155. The van der Waals surface area contributed by atoms with E-state index >= 15 is 0 Å². The molecule has 0 amide bonds. The summed E-state index contributed by atoms with van der Waals surface area (Å²) in [6.07, 6.45) is 2.29. The highest BCUT2D eigenvalue weighted by Gasteiger charge is 2.11. The van der Waals surface area contributed by atoms with Crippen molar-refractivity contribution in [1.82, 2.24) is 0 Å². The molecule has 1 unspecified atom stereocenters. The summed E-state index contributed by atoms with van der Waals surface area (Å²) in [6.45, 7) is 7.15. The zero-order valence-electron chi connectivity index (χ0n) is 12.1. The summed E-state index contributed by atoms with van der Waals surface area (Å²) in [5.41, 5.74) is 0. The van der Waals surface area contributed by atoms with Gasteiger partial charge in [0.05, 0.1) is 12.5 Å². The molecule has 0 aliphatic carbocycles. The average Bonchev–Trinajstić information content (AvgIpc) is 2.46. The summed E-state index contributed by atoms with van der Waals surface area (Å²) in [7, 11) is 0. The van der Waals surface area contributed by atoms with Crippen LogP contribution in [0.5, 0.6) is 0 Å². The fraction of sp³-hybridized carbons (Fsp3) is 0.643. The van der Waals surface area contributed by atoms with Crippen LogP contribution in [0.4, 0.5) is 0 Å². The van der Waals surface area contributed by atoms with E-state index < -0.39 is 11.9 Å². The van der Waals surface area contributed by atoms with Crippen LogP contribution >= 0.6 is 0 Å². The lowest BCUT2D eigenvalue weighted by atomic mass is 10.1. The van der Waals surface area contributed by atoms with Gasteiger partial charge in [0.1, 0.15) is 13.2 Å². The Morgan fingerprint density at radius 2 is 1.75 bits per heavy atom. The number of carbonyl (C=O) groups excluding carboxylic acids is 3. The Bertz CT molecular complexity index is 337. The van der Waals surface area contributed by atoms with E-state index in [0.29, 0.717) is 12.8 Å². The van der Waals surface area contributed by atoms with Crippen LogP contribution in [0.15, 0.2) is 12.7 Å². The van der Waals surface area contributed by atoms with Gasteiger partial charge in [-0.25, -0.2) is 4.79 Å². The zero-order valence-corrected chi connectivity index (χ0v) is 12.1. The maximum absolute atomic E-state index is 11.3. The Labute approximate surface area is 119 Å². The van der Waals surface area contributed by atoms with Gasteiger partial charge in [0.25, 0.3) is 0 Å². The summed E-state index contributed by atoms with van der Waals surface area (Å²) < 4.78 is 14.5. The maximum Gasteiger partial charge on any atom is 0.330 e. The topological polar surface area (TPSA) is 78.9 Å². The number of esters is 3. The molecule has 0 fully saturated rings. The normalized spacial score (nSPS) is 11.3. The Morgan fingerprint density at radius 1 is 1.10 bits per heavy atom.